The summed E-state index contributed by atoms with van der Waals surface area (Å²) < 4.78 is 6.01. The van der Waals surface area contributed by atoms with Gasteiger partial charge in [0.25, 0.3) is 0 Å². The second-order valence-electron chi connectivity index (χ2n) is 7.14. The smallest absolute Gasteiger partial charge is 0.221 e. The maximum Gasteiger partial charge on any atom is 0.221 e. The van der Waals surface area contributed by atoms with Crippen LogP contribution in [-0.4, -0.2) is 66.7 Å². The first-order chi connectivity index (χ1) is 12.7. The Bertz CT molecular complexity index is 551. The zero-order valence-corrected chi connectivity index (χ0v) is 16.5. The van der Waals surface area contributed by atoms with Crippen LogP contribution in [0, 0.1) is 0 Å². The third-order valence-corrected chi connectivity index (χ3v) is 6.22. The molecular formula is C20H31N3O2S. The van der Waals surface area contributed by atoms with Gasteiger partial charge < -0.3 is 15.4 Å². The van der Waals surface area contributed by atoms with Gasteiger partial charge in [-0.1, -0.05) is 37.3 Å². The van der Waals surface area contributed by atoms with Crippen LogP contribution in [0.3, 0.4) is 0 Å². The summed E-state index contributed by atoms with van der Waals surface area (Å²) in [5.41, 5.74) is 1.33. The fourth-order valence-electron chi connectivity index (χ4n) is 3.66. The Balaban J connectivity index is 1.49. The van der Waals surface area contributed by atoms with Crippen LogP contribution in [0.5, 0.6) is 0 Å². The minimum absolute atomic E-state index is 0.0649. The summed E-state index contributed by atoms with van der Waals surface area (Å²) in [5, 5.41) is 6.66. The van der Waals surface area contributed by atoms with E-state index >= 15 is 0 Å². The van der Waals surface area contributed by atoms with Crippen LogP contribution < -0.4 is 10.6 Å². The monoisotopic (exact) mass is 377 g/mol. The SMILES string of the molecule is CCC(NC(=O)CC1CSCCN1)C1CN(Cc2ccccc2)CCO1. The summed E-state index contributed by atoms with van der Waals surface area (Å²) in [6, 6.07) is 10.9. The first kappa shape index (κ1) is 19.7. The second kappa shape index (κ2) is 10.3. The van der Waals surface area contributed by atoms with E-state index in [0.29, 0.717) is 12.5 Å². The average molecular weight is 378 g/mol. The molecule has 3 rings (SSSR count). The fraction of sp³-hybridized carbons (Fsp3) is 0.650. The highest BCUT2D eigenvalue weighted by atomic mass is 32.2. The third-order valence-electron chi connectivity index (χ3n) is 5.09. The Labute approximate surface area is 161 Å². The summed E-state index contributed by atoms with van der Waals surface area (Å²) >= 11 is 1.93. The molecule has 0 radical (unpaired) electrons. The van der Waals surface area contributed by atoms with Crippen LogP contribution in [-0.2, 0) is 16.1 Å². The highest BCUT2D eigenvalue weighted by Crippen LogP contribution is 2.15. The van der Waals surface area contributed by atoms with Gasteiger partial charge >= 0.3 is 0 Å². The number of morpholine rings is 1. The molecule has 0 saturated carbocycles. The predicted octanol–water partition coefficient (Wildman–Crippen LogP) is 1.88. The Morgan fingerprint density at radius 1 is 1.42 bits per heavy atom. The maximum atomic E-state index is 12.5. The number of carbonyl (C=O) groups excluding carboxylic acids is 1. The van der Waals surface area contributed by atoms with Gasteiger partial charge in [0.1, 0.15) is 0 Å². The van der Waals surface area contributed by atoms with Crippen molar-refractivity contribution in [2.45, 2.75) is 44.5 Å². The Hall–Kier alpha value is -1.08. The van der Waals surface area contributed by atoms with E-state index in [9.17, 15) is 4.79 Å². The van der Waals surface area contributed by atoms with E-state index < -0.39 is 0 Å². The van der Waals surface area contributed by atoms with E-state index in [1.165, 1.54) is 5.56 Å². The van der Waals surface area contributed by atoms with E-state index in [0.717, 1.165) is 50.7 Å². The van der Waals surface area contributed by atoms with Crippen LogP contribution in [0.25, 0.3) is 0 Å². The van der Waals surface area contributed by atoms with Gasteiger partial charge in [-0.2, -0.15) is 11.8 Å². The standard InChI is InChI=1S/C20H31N3O2S/c1-2-18(22-20(24)12-17-15-26-11-8-21-17)19-14-23(9-10-25-19)13-16-6-4-3-5-7-16/h3-7,17-19,21H,2,8-15H2,1H3,(H,22,24). The van der Waals surface area contributed by atoms with Gasteiger partial charge in [0.15, 0.2) is 0 Å². The Morgan fingerprint density at radius 2 is 2.27 bits per heavy atom. The number of nitrogens with one attached hydrogen (secondary N) is 2. The summed E-state index contributed by atoms with van der Waals surface area (Å²) in [6.07, 6.45) is 1.52. The molecular weight excluding hydrogens is 346 g/mol. The molecule has 1 amide bonds. The zero-order chi connectivity index (χ0) is 18.2. The van der Waals surface area contributed by atoms with Gasteiger partial charge in [-0.25, -0.2) is 0 Å². The van der Waals surface area contributed by atoms with Crippen LogP contribution in [0.1, 0.15) is 25.3 Å². The number of rotatable bonds is 7. The molecule has 2 N–H and O–H groups in total. The highest BCUT2D eigenvalue weighted by molar-refractivity contribution is 7.99. The molecule has 2 fully saturated rings. The summed E-state index contributed by atoms with van der Waals surface area (Å²) in [7, 11) is 0. The zero-order valence-electron chi connectivity index (χ0n) is 15.7. The molecule has 144 valence electrons. The van der Waals surface area contributed by atoms with Gasteiger partial charge in [-0.15, -0.1) is 0 Å². The van der Waals surface area contributed by atoms with Crippen molar-refractivity contribution in [3.63, 3.8) is 0 Å². The number of nitrogens with zero attached hydrogens (tertiary/aromatic N) is 1. The van der Waals surface area contributed by atoms with Gasteiger partial charge in [-0.3, -0.25) is 9.69 Å². The molecule has 2 aliphatic heterocycles. The number of carbonyl (C=O) groups is 1. The molecule has 1 aromatic rings. The van der Waals surface area contributed by atoms with Crippen LogP contribution in [0.15, 0.2) is 30.3 Å². The molecule has 0 aliphatic carbocycles. The lowest BCUT2D eigenvalue weighted by atomic mass is 10.0. The average Bonchev–Trinajstić information content (AvgIpc) is 2.68. The first-order valence-electron chi connectivity index (χ1n) is 9.73. The van der Waals surface area contributed by atoms with E-state index in [-0.39, 0.29) is 18.1 Å². The Morgan fingerprint density at radius 3 is 3.00 bits per heavy atom. The van der Waals surface area contributed by atoms with Gasteiger partial charge in [0, 0.05) is 50.1 Å². The van der Waals surface area contributed by atoms with Crippen molar-refractivity contribution in [1.29, 1.82) is 0 Å². The molecule has 2 saturated heterocycles. The first-order valence-corrected chi connectivity index (χ1v) is 10.9. The van der Waals surface area contributed by atoms with E-state index in [2.05, 4.69) is 46.7 Å². The lowest BCUT2D eigenvalue weighted by Crippen LogP contribution is -2.53. The number of hydrogen-bond donors (Lipinski definition) is 2. The molecule has 26 heavy (non-hydrogen) atoms. The van der Waals surface area contributed by atoms with Crippen molar-refractivity contribution in [3.05, 3.63) is 35.9 Å². The van der Waals surface area contributed by atoms with E-state index in [1.807, 2.05) is 17.8 Å². The van der Waals surface area contributed by atoms with Crippen molar-refractivity contribution in [2.75, 3.05) is 37.7 Å². The van der Waals surface area contributed by atoms with Gasteiger partial charge in [0.05, 0.1) is 18.8 Å². The molecule has 0 spiro atoms. The maximum absolute atomic E-state index is 12.5. The number of thioether (sulfide) groups is 1. The van der Waals surface area contributed by atoms with Crippen molar-refractivity contribution < 1.29 is 9.53 Å². The minimum atomic E-state index is 0.0649. The molecule has 5 nitrogen and oxygen atoms in total. The van der Waals surface area contributed by atoms with Crippen LogP contribution in [0.2, 0.25) is 0 Å². The van der Waals surface area contributed by atoms with Crippen LogP contribution >= 0.6 is 11.8 Å². The minimum Gasteiger partial charge on any atom is -0.373 e. The molecule has 3 atom stereocenters. The lowest BCUT2D eigenvalue weighted by Gasteiger charge is -2.37. The number of hydrogen-bond acceptors (Lipinski definition) is 5. The summed E-state index contributed by atoms with van der Waals surface area (Å²) in [6.45, 7) is 6.60. The number of benzene rings is 1. The molecule has 1 aromatic carbocycles. The quantitative estimate of drug-likeness (QED) is 0.760. The topological polar surface area (TPSA) is 53.6 Å². The van der Waals surface area contributed by atoms with Crippen LogP contribution in [0.4, 0.5) is 0 Å². The molecule has 0 bridgehead atoms. The summed E-state index contributed by atoms with van der Waals surface area (Å²) in [4.78, 5) is 14.9. The van der Waals surface area contributed by atoms with E-state index in [1.54, 1.807) is 0 Å². The van der Waals surface area contributed by atoms with Crippen molar-refractivity contribution in [2.24, 2.45) is 0 Å². The molecule has 2 aliphatic rings. The van der Waals surface area contributed by atoms with Gasteiger partial charge in [-0.05, 0) is 12.0 Å². The molecule has 3 unspecified atom stereocenters. The van der Waals surface area contributed by atoms with Crippen molar-refractivity contribution >= 4 is 17.7 Å². The molecule has 0 aromatic heterocycles. The predicted molar refractivity (Wildman–Crippen MR) is 107 cm³/mol. The normalized spacial score (nSPS) is 25.6. The second-order valence-corrected chi connectivity index (χ2v) is 8.29. The van der Waals surface area contributed by atoms with E-state index in [4.69, 9.17) is 4.74 Å². The number of amides is 1. The largest absolute Gasteiger partial charge is 0.373 e. The third kappa shape index (κ3) is 5.98. The fourth-order valence-corrected chi connectivity index (χ4v) is 4.61. The number of ether oxygens (including phenoxy) is 1. The Kier molecular flexibility index (Phi) is 7.80. The van der Waals surface area contributed by atoms with Gasteiger partial charge in [0.2, 0.25) is 5.91 Å². The molecule has 6 heteroatoms. The molecule has 2 heterocycles. The highest BCUT2D eigenvalue weighted by Gasteiger charge is 2.29. The summed E-state index contributed by atoms with van der Waals surface area (Å²) in [5.74, 6) is 2.30. The lowest BCUT2D eigenvalue weighted by molar-refractivity contribution is -0.124. The van der Waals surface area contributed by atoms with Crippen molar-refractivity contribution in [3.8, 4) is 0 Å². The van der Waals surface area contributed by atoms with Crippen molar-refractivity contribution in [1.82, 2.24) is 15.5 Å².